The van der Waals surface area contributed by atoms with Crippen molar-refractivity contribution >= 4 is 27.5 Å². The summed E-state index contributed by atoms with van der Waals surface area (Å²) in [5.41, 5.74) is 3.29. The number of benzene rings is 3. The first-order valence-electron chi connectivity index (χ1n) is 10.7. The van der Waals surface area contributed by atoms with Gasteiger partial charge in [-0.3, -0.25) is 9.59 Å². The van der Waals surface area contributed by atoms with Gasteiger partial charge in [0.05, 0.1) is 4.90 Å². The van der Waals surface area contributed by atoms with E-state index < -0.39 is 10.0 Å². The minimum atomic E-state index is -3.77. The van der Waals surface area contributed by atoms with E-state index in [1.807, 2.05) is 54.6 Å². The zero-order chi connectivity index (χ0) is 23.4. The van der Waals surface area contributed by atoms with Gasteiger partial charge >= 0.3 is 0 Å². The van der Waals surface area contributed by atoms with Crippen LogP contribution in [0.1, 0.15) is 23.2 Å². The van der Waals surface area contributed by atoms with Crippen molar-refractivity contribution in [2.75, 3.05) is 18.4 Å². The highest BCUT2D eigenvalue weighted by Crippen LogP contribution is 2.23. The van der Waals surface area contributed by atoms with E-state index in [-0.39, 0.29) is 22.6 Å². The largest absolute Gasteiger partial charge is 0.339 e. The van der Waals surface area contributed by atoms with Crippen molar-refractivity contribution < 1.29 is 18.0 Å². The number of carbonyl (C=O) groups is 2. The van der Waals surface area contributed by atoms with E-state index in [9.17, 15) is 18.0 Å². The molecule has 0 radical (unpaired) electrons. The van der Waals surface area contributed by atoms with Crippen LogP contribution < -0.4 is 10.5 Å². The molecular formula is C25H25N3O4S. The number of amides is 2. The number of piperidine rings is 1. The van der Waals surface area contributed by atoms with Crippen LogP contribution in [0.4, 0.5) is 5.69 Å². The molecule has 33 heavy (non-hydrogen) atoms. The number of nitrogens with zero attached hydrogens (tertiary/aromatic N) is 1. The summed E-state index contributed by atoms with van der Waals surface area (Å²) in [5, 5.41) is 7.90. The highest BCUT2D eigenvalue weighted by Gasteiger charge is 2.28. The van der Waals surface area contributed by atoms with Gasteiger partial charge in [-0.15, -0.1) is 0 Å². The highest BCUT2D eigenvalue weighted by molar-refractivity contribution is 7.89. The number of nitrogens with one attached hydrogen (secondary N) is 1. The van der Waals surface area contributed by atoms with E-state index in [2.05, 4.69) is 5.32 Å². The Hall–Kier alpha value is -3.49. The van der Waals surface area contributed by atoms with E-state index in [0.29, 0.717) is 37.2 Å². The maximum atomic E-state index is 12.9. The third-order valence-corrected chi connectivity index (χ3v) is 6.77. The number of carbonyl (C=O) groups excluding carboxylic acids is 2. The lowest BCUT2D eigenvalue weighted by Crippen LogP contribution is -2.41. The molecular weight excluding hydrogens is 438 g/mol. The molecule has 0 unspecified atom stereocenters. The van der Waals surface area contributed by atoms with Crippen LogP contribution in [0.2, 0.25) is 0 Å². The molecule has 3 aromatic carbocycles. The number of nitrogens with two attached hydrogens (primary N) is 1. The van der Waals surface area contributed by atoms with E-state index in [1.165, 1.54) is 24.3 Å². The van der Waals surface area contributed by atoms with Crippen LogP contribution in [-0.2, 0) is 14.8 Å². The first-order valence-corrected chi connectivity index (χ1v) is 12.2. The van der Waals surface area contributed by atoms with Crippen molar-refractivity contribution in [3.63, 3.8) is 0 Å². The predicted octanol–water partition coefficient (Wildman–Crippen LogP) is 3.49. The number of anilines is 1. The molecule has 2 amide bonds. The number of rotatable bonds is 5. The molecule has 7 nitrogen and oxygen atoms in total. The first kappa shape index (κ1) is 22.7. The smallest absolute Gasteiger partial charge is 0.253 e. The lowest BCUT2D eigenvalue weighted by Gasteiger charge is -2.31. The summed E-state index contributed by atoms with van der Waals surface area (Å²) in [6.45, 7) is 1.00. The summed E-state index contributed by atoms with van der Waals surface area (Å²) in [6, 6.07) is 23.3. The maximum Gasteiger partial charge on any atom is 0.253 e. The minimum absolute atomic E-state index is 0.0101. The molecule has 0 atom stereocenters. The molecule has 0 bridgehead atoms. The van der Waals surface area contributed by atoms with Crippen LogP contribution in [0.3, 0.4) is 0 Å². The Bertz CT molecular complexity index is 1230. The average molecular weight is 464 g/mol. The Morgan fingerprint density at radius 1 is 0.818 bits per heavy atom. The molecule has 0 aliphatic carbocycles. The molecule has 1 aliphatic heterocycles. The topological polar surface area (TPSA) is 110 Å². The minimum Gasteiger partial charge on any atom is -0.339 e. The van der Waals surface area contributed by atoms with Gasteiger partial charge in [0.2, 0.25) is 15.9 Å². The average Bonchev–Trinajstić information content (AvgIpc) is 2.84. The predicted molar refractivity (Wildman–Crippen MR) is 127 cm³/mol. The second kappa shape index (κ2) is 9.56. The standard InChI is InChI=1S/C25H25N3O4S/c26-33(31,32)23-12-10-22(11-13-23)27-24(29)20-14-16-28(17-15-20)25(30)21-8-6-19(7-9-21)18-4-2-1-3-5-18/h1-13,20H,14-17H2,(H,27,29)(H2,26,31,32). The van der Waals surface area contributed by atoms with E-state index >= 15 is 0 Å². The maximum absolute atomic E-state index is 12.9. The van der Waals surface area contributed by atoms with Gasteiger partial charge in [0.25, 0.3) is 5.91 Å². The molecule has 1 fully saturated rings. The number of primary sulfonamides is 1. The molecule has 0 spiro atoms. The fraction of sp³-hybridized carbons (Fsp3) is 0.200. The Kier molecular flexibility index (Phi) is 6.57. The lowest BCUT2D eigenvalue weighted by molar-refractivity contribution is -0.121. The Morgan fingerprint density at radius 2 is 1.39 bits per heavy atom. The fourth-order valence-electron chi connectivity index (χ4n) is 3.94. The molecule has 1 saturated heterocycles. The molecule has 0 saturated carbocycles. The van der Waals surface area contributed by atoms with Crippen LogP contribution in [0, 0.1) is 5.92 Å². The van der Waals surface area contributed by atoms with Gasteiger partial charge in [-0.1, -0.05) is 42.5 Å². The van der Waals surface area contributed by atoms with Crippen molar-refractivity contribution in [1.82, 2.24) is 4.90 Å². The van der Waals surface area contributed by atoms with E-state index in [4.69, 9.17) is 5.14 Å². The quantitative estimate of drug-likeness (QED) is 0.603. The summed E-state index contributed by atoms with van der Waals surface area (Å²) in [6.07, 6.45) is 1.13. The Morgan fingerprint density at radius 3 is 1.97 bits per heavy atom. The van der Waals surface area contributed by atoms with Crippen molar-refractivity contribution in [2.24, 2.45) is 11.1 Å². The molecule has 3 aromatic rings. The molecule has 170 valence electrons. The van der Waals surface area contributed by atoms with Gasteiger partial charge in [0.1, 0.15) is 0 Å². The van der Waals surface area contributed by atoms with Gasteiger partial charge in [-0.25, -0.2) is 13.6 Å². The third kappa shape index (κ3) is 5.47. The SMILES string of the molecule is NS(=O)(=O)c1ccc(NC(=O)C2CCN(C(=O)c3ccc(-c4ccccc4)cc3)CC2)cc1. The van der Waals surface area contributed by atoms with Crippen molar-refractivity contribution in [1.29, 1.82) is 0 Å². The van der Waals surface area contributed by atoms with Crippen LogP contribution in [-0.4, -0.2) is 38.2 Å². The summed E-state index contributed by atoms with van der Waals surface area (Å²) >= 11 is 0. The van der Waals surface area contributed by atoms with Crippen LogP contribution in [0.25, 0.3) is 11.1 Å². The van der Waals surface area contributed by atoms with Gasteiger partial charge in [0.15, 0.2) is 0 Å². The lowest BCUT2D eigenvalue weighted by atomic mass is 9.95. The number of likely N-dealkylation sites (tertiary alicyclic amines) is 1. The first-order chi connectivity index (χ1) is 15.8. The zero-order valence-electron chi connectivity index (χ0n) is 18.0. The summed E-state index contributed by atoms with van der Waals surface area (Å²) < 4.78 is 22.7. The second-order valence-electron chi connectivity index (χ2n) is 8.07. The van der Waals surface area contributed by atoms with Crippen LogP contribution in [0.5, 0.6) is 0 Å². The van der Waals surface area contributed by atoms with Crippen LogP contribution >= 0.6 is 0 Å². The fourth-order valence-corrected chi connectivity index (χ4v) is 4.45. The number of hydrogen-bond donors (Lipinski definition) is 2. The van der Waals surface area contributed by atoms with E-state index in [1.54, 1.807) is 4.90 Å². The molecule has 3 N–H and O–H groups in total. The van der Waals surface area contributed by atoms with Gasteiger partial charge in [-0.2, -0.15) is 0 Å². The van der Waals surface area contributed by atoms with Crippen molar-refractivity contribution in [3.8, 4) is 11.1 Å². The number of hydrogen-bond acceptors (Lipinski definition) is 4. The summed E-state index contributed by atoms with van der Waals surface area (Å²) in [5.74, 6) is -0.392. The third-order valence-electron chi connectivity index (χ3n) is 5.84. The molecule has 0 aromatic heterocycles. The van der Waals surface area contributed by atoms with Gasteiger partial charge in [-0.05, 0) is 60.4 Å². The monoisotopic (exact) mass is 463 g/mol. The Balaban J connectivity index is 1.31. The normalized spacial score (nSPS) is 14.6. The van der Waals surface area contributed by atoms with Crippen molar-refractivity contribution in [2.45, 2.75) is 17.7 Å². The molecule has 1 aliphatic rings. The van der Waals surface area contributed by atoms with Crippen molar-refractivity contribution in [3.05, 3.63) is 84.4 Å². The molecule has 8 heteroatoms. The summed E-state index contributed by atoms with van der Waals surface area (Å²) in [4.78, 5) is 27.3. The molecule has 1 heterocycles. The van der Waals surface area contributed by atoms with Crippen LogP contribution in [0.15, 0.2) is 83.8 Å². The highest BCUT2D eigenvalue weighted by atomic mass is 32.2. The van der Waals surface area contributed by atoms with E-state index in [0.717, 1.165) is 11.1 Å². The molecule has 4 rings (SSSR count). The number of sulfonamides is 1. The second-order valence-corrected chi connectivity index (χ2v) is 9.63. The summed E-state index contributed by atoms with van der Waals surface area (Å²) in [7, 11) is -3.77. The van der Waals surface area contributed by atoms with Gasteiger partial charge < -0.3 is 10.2 Å². The zero-order valence-corrected chi connectivity index (χ0v) is 18.8. The van der Waals surface area contributed by atoms with Gasteiger partial charge in [0, 0.05) is 30.3 Å². The Labute approximate surface area is 193 Å².